The molecule has 2 nitrogen and oxygen atoms in total. The topological polar surface area (TPSA) is 22.0 Å². The number of hydrogen-bond acceptors (Lipinski definition) is 1. The molecule has 0 aliphatic carbocycles. The van der Waals surface area contributed by atoms with Gasteiger partial charge in [0.15, 0.2) is 0 Å². The first-order chi connectivity index (χ1) is 9.56. The van der Waals surface area contributed by atoms with Crippen molar-refractivity contribution in [3.63, 3.8) is 0 Å². The van der Waals surface area contributed by atoms with Crippen molar-refractivity contribution in [2.24, 2.45) is 7.05 Å². The van der Waals surface area contributed by atoms with Crippen molar-refractivity contribution < 1.29 is 0 Å². The molecule has 4 heteroatoms. The molecule has 0 aliphatic heterocycles. The Bertz CT molecular complexity index is 868. The second-order valence-corrected chi connectivity index (χ2v) is 5.50. The quantitative estimate of drug-likeness (QED) is 0.648. The van der Waals surface area contributed by atoms with Crippen molar-refractivity contribution in [3.05, 3.63) is 69.1 Å². The van der Waals surface area contributed by atoms with Crippen LogP contribution in [0.25, 0.3) is 21.9 Å². The first-order valence-corrected chi connectivity index (χ1v) is 6.87. The molecule has 3 aromatic rings. The van der Waals surface area contributed by atoms with Crippen LogP contribution < -0.4 is 5.56 Å². The SMILES string of the molecule is Cn1ccc2ccc(-c3ccc(Cl)cc3Cl)cc2c1=O. The molecule has 1 heterocycles. The smallest absolute Gasteiger partial charge is 0.258 e. The van der Waals surface area contributed by atoms with E-state index in [0.717, 1.165) is 16.5 Å². The molecule has 0 aliphatic rings. The van der Waals surface area contributed by atoms with Crippen LogP contribution in [0.3, 0.4) is 0 Å². The van der Waals surface area contributed by atoms with E-state index in [1.54, 1.807) is 29.9 Å². The first kappa shape index (κ1) is 13.2. The molecule has 3 rings (SSSR count). The average molecular weight is 304 g/mol. The van der Waals surface area contributed by atoms with Crippen LogP contribution >= 0.6 is 23.2 Å². The number of fused-ring (bicyclic) bond motifs is 1. The first-order valence-electron chi connectivity index (χ1n) is 6.11. The fraction of sp³-hybridized carbons (Fsp3) is 0.0625. The van der Waals surface area contributed by atoms with E-state index in [9.17, 15) is 4.79 Å². The summed E-state index contributed by atoms with van der Waals surface area (Å²) in [6.45, 7) is 0. The van der Waals surface area contributed by atoms with Crippen molar-refractivity contribution in [1.82, 2.24) is 4.57 Å². The number of nitrogens with zero attached hydrogens (tertiary/aromatic N) is 1. The van der Waals surface area contributed by atoms with Crippen LogP contribution in [0.15, 0.2) is 53.5 Å². The summed E-state index contributed by atoms with van der Waals surface area (Å²) in [5.74, 6) is 0. The van der Waals surface area contributed by atoms with Crippen LogP contribution in [-0.2, 0) is 7.05 Å². The fourth-order valence-electron chi connectivity index (χ4n) is 2.23. The van der Waals surface area contributed by atoms with Gasteiger partial charge < -0.3 is 4.57 Å². The van der Waals surface area contributed by atoms with E-state index in [4.69, 9.17) is 23.2 Å². The molecular formula is C16H11Cl2NO. The van der Waals surface area contributed by atoms with Crippen molar-refractivity contribution in [1.29, 1.82) is 0 Å². The third-order valence-electron chi connectivity index (χ3n) is 3.32. The lowest BCUT2D eigenvalue weighted by Gasteiger charge is -2.07. The second kappa shape index (κ2) is 4.97. The van der Waals surface area contributed by atoms with Crippen molar-refractivity contribution >= 4 is 34.0 Å². The monoisotopic (exact) mass is 303 g/mol. The molecule has 2 aromatic carbocycles. The zero-order valence-corrected chi connectivity index (χ0v) is 12.2. The third-order valence-corrected chi connectivity index (χ3v) is 3.87. The Morgan fingerprint density at radius 1 is 1.00 bits per heavy atom. The summed E-state index contributed by atoms with van der Waals surface area (Å²) in [6, 6.07) is 13.0. The lowest BCUT2D eigenvalue weighted by molar-refractivity contribution is 0.873. The van der Waals surface area contributed by atoms with Gasteiger partial charge in [0.05, 0.1) is 0 Å². The Kier molecular flexibility index (Phi) is 3.28. The summed E-state index contributed by atoms with van der Waals surface area (Å²) >= 11 is 12.1. The highest BCUT2D eigenvalue weighted by Crippen LogP contribution is 2.31. The van der Waals surface area contributed by atoms with E-state index in [-0.39, 0.29) is 5.56 Å². The number of pyridine rings is 1. The molecule has 1 aromatic heterocycles. The minimum absolute atomic E-state index is 0.0190. The molecule has 0 atom stereocenters. The van der Waals surface area contributed by atoms with Gasteiger partial charge in [-0.05, 0) is 35.2 Å². The van der Waals surface area contributed by atoms with Crippen molar-refractivity contribution in [3.8, 4) is 11.1 Å². The van der Waals surface area contributed by atoms with Crippen LogP contribution in [0.4, 0.5) is 0 Å². The van der Waals surface area contributed by atoms with Gasteiger partial charge in [0, 0.05) is 34.2 Å². The summed E-state index contributed by atoms with van der Waals surface area (Å²) in [4.78, 5) is 12.2. The summed E-state index contributed by atoms with van der Waals surface area (Å²) in [7, 11) is 1.74. The van der Waals surface area contributed by atoms with Gasteiger partial charge in [-0.3, -0.25) is 4.79 Å². The van der Waals surface area contributed by atoms with Crippen LogP contribution in [-0.4, -0.2) is 4.57 Å². The lowest BCUT2D eigenvalue weighted by atomic mass is 10.0. The Morgan fingerprint density at radius 3 is 2.55 bits per heavy atom. The molecule has 0 unspecified atom stereocenters. The van der Waals surface area contributed by atoms with E-state index >= 15 is 0 Å². The van der Waals surface area contributed by atoms with Crippen molar-refractivity contribution in [2.75, 3.05) is 0 Å². The van der Waals surface area contributed by atoms with Gasteiger partial charge in [-0.1, -0.05) is 41.4 Å². The predicted octanol–water partition coefficient (Wildman–Crippen LogP) is 4.51. The van der Waals surface area contributed by atoms with Gasteiger partial charge in [-0.25, -0.2) is 0 Å². The van der Waals surface area contributed by atoms with Gasteiger partial charge >= 0.3 is 0 Å². The number of aromatic nitrogens is 1. The minimum atomic E-state index is -0.0190. The number of benzene rings is 2. The molecule has 0 N–H and O–H groups in total. The Balaban J connectivity index is 2.27. The molecule has 0 spiro atoms. The summed E-state index contributed by atoms with van der Waals surface area (Å²) in [6.07, 6.45) is 1.76. The summed E-state index contributed by atoms with van der Waals surface area (Å²) in [5.41, 5.74) is 1.75. The number of hydrogen-bond donors (Lipinski definition) is 0. The Morgan fingerprint density at radius 2 is 1.80 bits per heavy atom. The van der Waals surface area contributed by atoms with E-state index in [2.05, 4.69) is 0 Å². The van der Waals surface area contributed by atoms with Gasteiger partial charge in [0.2, 0.25) is 0 Å². The highest BCUT2D eigenvalue weighted by atomic mass is 35.5. The number of aryl methyl sites for hydroxylation is 1. The van der Waals surface area contributed by atoms with E-state index < -0.39 is 0 Å². The third kappa shape index (κ3) is 2.21. The highest BCUT2D eigenvalue weighted by Gasteiger charge is 2.07. The van der Waals surface area contributed by atoms with Crippen LogP contribution in [0.5, 0.6) is 0 Å². The minimum Gasteiger partial charge on any atom is -0.318 e. The Hall–Kier alpha value is -1.77. The van der Waals surface area contributed by atoms with Crippen molar-refractivity contribution in [2.45, 2.75) is 0 Å². The molecule has 0 amide bonds. The number of halogens is 2. The molecule has 0 saturated carbocycles. The molecule has 0 fully saturated rings. The lowest BCUT2D eigenvalue weighted by Crippen LogP contribution is -2.15. The van der Waals surface area contributed by atoms with Crippen LogP contribution in [0.2, 0.25) is 10.0 Å². The molecule has 0 bridgehead atoms. The normalized spacial score (nSPS) is 10.9. The predicted molar refractivity (Wildman–Crippen MR) is 84.6 cm³/mol. The maximum atomic E-state index is 12.2. The van der Waals surface area contributed by atoms with Gasteiger partial charge in [0.1, 0.15) is 0 Å². The molecule has 100 valence electrons. The standard InChI is InChI=1S/C16H11Cl2NO/c1-19-7-6-10-2-3-11(8-14(10)16(19)20)13-5-4-12(17)9-15(13)18/h2-9H,1H3. The molecule has 20 heavy (non-hydrogen) atoms. The summed E-state index contributed by atoms with van der Waals surface area (Å²) < 4.78 is 1.57. The van der Waals surface area contributed by atoms with Crippen LogP contribution in [0, 0.1) is 0 Å². The van der Waals surface area contributed by atoms with E-state index in [1.807, 2.05) is 30.3 Å². The Labute approximate surface area is 126 Å². The fourth-order valence-corrected chi connectivity index (χ4v) is 2.75. The summed E-state index contributed by atoms with van der Waals surface area (Å²) in [5, 5.41) is 2.76. The zero-order chi connectivity index (χ0) is 14.3. The van der Waals surface area contributed by atoms with E-state index in [0.29, 0.717) is 15.4 Å². The van der Waals surface area contributed by atoms with E-state index in [1.165, 1.54) is 0 Å². The van der Waals surface area contributed by atoms with Gasteiger partial charge in [-0.15, -0.1) is 0 Å². The average Bonchev–Trinajstić information content (AvgIpc) is 2.43. The van der Waals surface area contributed by atoms with Crippen LogP contribution in [0.1, 0.15) is 0 Å². The maximum Gasteiger partial charge on any atom is 0.258 e. The van der Waals surface area contributed by atoms with Gasteiger partial charge in [-0.2, -0.15) is 0 Å². The van der Waals surface area contributed by atoms with Gasteiger partial charge in [0.25, 0.3) is 5.56 Å². The second-order valence-electron chi connectivity index (χ2n) is 4.66. The highest BCUT2D eigenvalue weighted by molar-refractivity contribution is 6.36. The maximum absolute atomic E-state index is 12.2. The molecule has 0 radical (unpaired) electrons. The zero-order valence-electron chi connectivity index (χ0n) is 10.7. The number of rotatable bonds is 1. The molecular weight excluding hydrogens is 293 g/mol. The largest absolute Gasteiger partial charge is 0.318 e. The molecule has 0 saturated heterocycles.